The van der Waals surface area contributed by atoms with Crippen molar-refractivity contribution in [1.29, 1.82) is 0 Å². The van der Waals surface area contributed by atoms with Crippen LogP contribution in [-0.2, 0) is 56.0 Å². The number of anilines is 2. The number of benzene rings is 4. The van der Waals surface area contributed by atoms with Crippen molar-refractivity contribution in [3.63, 3.8) is 0 Å². The summed E-state index contributed by atoms with van der Waals surface area (Å²) < 4.78 is 55.5. The van der Waals surface area contributed by atoms with Crippen LogP contribution in [0.1, 0.15) is 68.3 Å². The lowest BCUT2D eigenvalue weighted by molar-refractivity contribution is -0.150. The summed E-state index contributed by atoms with van der Waals surface area (Å²) >= 11 is 20.9. The number of carbonyl (C=O) groups excluding carboxylic acids is 1. The summed E-state index contributed by atoms with van der Waals surface area (Å²) in [6.07, 6.45) is -1.93. The molecule has 2 aliphatic rings. The zero-order chi connectivity index (χ0) is 56.3. The van der Waals surface area contributed by atoms with Gasteiger partial charge in [-0.05, 0) is 76.4 Å². The summed E-state index contributed by atoms with van der Waals surface area (Å²) in [7, 11) is 3.22. The number of hydrogen-bond acceptors (Lipinski definition) is 19. The molecule has 0 radical (unpaired) electrons. The number of carbonyl (C=O) groups is 1. The number of nitrogens with one attached hydrogen (secondary N) is 3. The number of aromatic amines is 2. The molecule has 5 N–H and O–H groups in total. The van der Waals surface area contributed by atoms with E-state index in [-0.39, 0.29) is 72.0 Å². The van der Waals surface area contributed by atoms with Gasteiger partial charge in [-0.15, -0.1) is 0 Å². The van der Waals surface area contributed by atoms with Crippen molar-refractivity contribution in [3.05, 3.63) is 163 Å². The van der Waals surface area contributed by atoms with E-state index in [4.69, 9.17) is 83.2 Å². The van der Waals surface area contributed by atoms with Gasteiger partial charge in [-0.25, -0.2) is 9.97 Å². The van der Waals surface area contributed by atoms with E-state index in [1.54, 1.807) is 41.6 Å². The Bertz CT molecular complexity index is 3620. The fraction of sp³-hybridized carbons (Fsp3) is 0.352. The van der Waals surface area contributed by atoms with Crippen molar-refractivity contribution in [3.8, 4) is 11.5 Å². The predicted molar refractivity (Wildman–Crippen MR) is 308 cm³/mol. The molecule has 2 saturated heterocycles. The van der Waals surface area contributed by atoms with Crippen LogP contribution in [0.5, 0.6) is 11.5 Å². The van der Waals surface area contributed by atoms with Crippen molar-refractivity contribution in [2.45, 2.75) is 81.8 Å². The van der Waals surface area contributed by atoms with Gasteiger partial charge in [0.1, 0.15) is 47.9 Å². The van der Waals surface area contributed by atoms with E-state index < -0.39 is 65.3 Å². The number of rotatable bonds is 22. The first kappa shape index (κ1) is 56.9. The molecule has 4 aromatic heterocycles. The Balaban J connectivity index is 1.04. The number of imidazole rings is 2. The monoisotopic (exact) mass is 1190 g/mol. The van der Waals surface area contributed by atoms with Gasteiger partial charge in [-0.3, -0.25) is 33.5 Å². The minimum absolute atomic E-state index is 0.0480. The first-order valence-corrected chi connectivity index (χ1v) is 30.4. The Morgan fingerprint density at radius 2 is 1.40 bits per heavy atom. The van der Waals surface area contributed by atoms with E-state index in [1.807, 2.05) is 92.7 Å². The highest BCUT2D eigenvalue weighted by molar-refractivity contribution is 8.67. The zero-order valence-electron chi connectivity index (χ0n) is 43.9. The normalized spacial score (nSPS) is 20.1. The molecule has 0 aliphatic carbocycles. The van der Waals surface area contributed by atoms with Crippen LogP contribution in [-0.4, -0.2) is 103 Å². The van der Waals surface area contributed by atoms with Gasteiger partial charge in [0.15, 0.2) is 22.3 Å². The number of nitrogens with zero attached hydrogens (tertiary/aromatic N) is 6. The molecule has 2 fully saturated rings. The molecule has 420 valence electrons. The van der Waals surface area contributed by atoms with Gasteiger partial charge in [-0.1, -0.05) is 109 Å². The van der Waals surface area contributed by atoms with Crippen molar-refractivity contribution in [2.24, 2.45) is 5.92 Å². The quantitative estimate of drug-likeness (QED) is 0.0280. The number of methoxy groups -OCH3 is 2. The third-order valence-corrected chi connectivity index (χ3v) is 19.3. The fourth-order valence-electron chi connectivity index (χ4n) is 9.66. The van der Waals surface area contributed by atoms with Crippen molar-refractivity contribution < 1.29 is 42.3 Å². The highest BCUT2D eigenvalue weighted by atomic mass is 35.5. The maximum Gasteiger partial charge on any atom is 0.302 e. The van der Waals surface area contributed by atoms with E-state index in [9.17, 15) is 14.4 Å². The molecule has 0 spiro atoms. The van der Waals surface area contributed by atoms with Crippen LogP contribution in [0.2, 0.25) is 10.0 Å². The molecule has 1 unspecified atom stereocenters. The highest BCUT2D eigenvalue weighted by Crippen LogP contribution is 2.65. The van der Waals surface area contributed by atoms with E-state index >= 15 is 0 Å². The first-order valence-electron chi connectivity index (χ1n) is 25.4. The third-order valence-electron chi connectivity index (χ3n) is 13.6. The third kappa shape index (κ3) is 12.3. The number of ether oxygens (including phenoxy) is 6. The molecular weight excluding hydrogens is 1130 g/mol. The van der Waals surface area contributed by atoms with E-state index in [1.165, 1.54) is 31.0 Å². The first-order chi connectivity index (χ1) is 38.5. The second-order valence-electron chi connectivity index (χ2n) is 19.4. The molecule has 80 heavy (non-hydrogen) atoms. The molecule has 6 heterocycles. The Morgan fingerprint density at radius 1 is 0.825 bits per heavy atom. The highest BCUT2D eigenvalue weighted by Gasteiger charge is 2.47. The molecule has 26 heteroatoms. The Labute approximate surface area is 478 Å². The standard InChI is InChI=1S/C54H57Cl2N10O11PS2/c1-30(2)24-58-53-62-49-47(51(69)64-53)60-29-66(49)45-23-41(42(75-45)25-72-54(33-9-7-6-8-10-33,34-12-17-37(70-4)18-13-34)35-14-19-38(71-5)20-15-35)77-78(79,80-27-32-11-16-36(55)21-39(32)56)73-26-43-40(74-31(3)67)22-44(76-43)65-28-59-46-48(65)61-52(57)63-50(46)68/h6-21,28-30,40-45H,22-27H2,1-5H3,(H3,57,61,63,68)(H2,58,62,64,69)/t40-,41-,42+,43+,44+,45+,78?/m0/s1. The van der Waals surface area contributed by atoms with E-state index in [0.29, 0.717) is 33.7 Å². The van der Waals surface area contributed by atoms with Crippen LogP contribution < -0.4 is 31.6 Å². The summed E-state index contributed by atoms with van der Waals surface area (Å²) in [5.74, 6) is 1.39. The Hall–Kier alpha value is -6.37. The van der Waals surface area contributed by atoms with Crippen LogP contribution in [0.25, 0.3) is 22.3 Å². The fourth-order valence-corrected chi connectivity index (χ4v) is 14.6. The van der Waals surface area contributed by atoms with Crippen molar-refractivity contribution in [1.82, 2.24) is 39.0 Å². The molecule has 0 saturated carbocycles. The molecule has 0 amide bonds. The molecular formula is C54H57Cl2N10O11PS2. The van der Waals surface area contributed by atoms with E-state index in [2.05, 4.69) is 30.2 Å². The zero-order valence-corrected chi connectivity index (χ0v) is 48.0. The molecule has 2 aliphatic heterocycles. The number of H-pyrrole nitrogens is 2. The lowest BCUT2D eigenvalue weighted by atomic mass is 9.80. The molecule has 7 atom stereocenters. The molecule has 10 rings (SSSR count). The van der Waals surface area contributed by atoms with Crippen molar-refractivity contribution in [2.75, 3.05) is 45.0 Å². The smallest absolute Gasteiger partial charge is 0.302 e. The molecule has 4 aromatic carbocycles. The van der Waals surface area contributed by atoms with Gasteiger partial charge in [0.25, 0.3) is 11.1 Å². The Kier molecular flexibility index (Phi) is 17.3. The maximum atomic E-state index is 13.5. The van der Waals surface area contributed by atoms with Gasteiger partial charge in [0.05, 0.1) is 46.2 Å². The lowest BCUT2D eigenvalue weighted by Gasteiger charge is -2.37. The van der Waals surface area contributed by atoms with Crippen LogP contribution in [0.15, 0.2) is 119 Å². The SMILES string of the molecule is COc1ccc(C(OC[C@H]2O[C@@H](n3cnc4c(=O)[nH]c(NCC(C)C)nc43)C[C@@H]2OP(=S)(OC[C@H]2O[C@@H](n3cnc4c(=O)[nH]c(N)nc43)C[C@@H]2OC(C)=O)SCc2ccc(Cl)cc2Cl)(c2ccccc2)c2ccc(OC)cc2)cc1. The topological polar surface area (TPSA) is 256 Å². The van der Waals surface area contributed by atoms with Crippen LogP contribution in [0.4, 0.5) is 11.9 Å². The minimum Gasteiger partial charge on any atom is -0.497 e. The van der Waals surface area contributed by atoms with Gasteiger partial charge in [-0.2, -0.15) is 9.97 Å². The predicted octanol–water partition coefficient (Wildman–Crippen LogP) is 9.30. The van der Waals surface area contributed by atoms with Gasteiger partial charge in [0, 0.05) is 42.1 Å². The number of fused-ring (bicyclic) bond motifs is 2. The summed E-state index contributed by atoms with van der Waals surface area (Å²) in [6.45, 7) is 5.63. The number of hydrogen-bond donors (Lipinski definition) is 4. The maximum absolute atomic E-state index is 13.5. The molecule has 8 aromatic rings. The van der Waals surface area contributed by atoms with Crippen LogP contribution in [0.3, 0.4) is 0 Å². The average molecular weight is 1190 g/mol. The van der Waals surface area contributed by atoms with Gasteiger partial charge < -0.3 is 48.5 Å². The number of halogens is 2. The number of esters is 1. The molecule has 0 bridgehead atoms. The van der Waals surface area contributed by atoms with E-state index in [0.717, 1.165) is 16.7 Å². The summed E-state index contributed by atoms with van der Waals surface area (Å²) in [4.78, 5) is 62.1. The van der Waals surface area contributed by atoms with Crippen LogP contribution >= 0.6 is 40.3 Å². The number of nitrogen functional groups attached to an aromatic ring is 1. The average Bonchev–Trinajstić information content (AvgIpc) is 4.28. The minimum atomic E-state index is -3.62. The molecule has 21 nitrogen and oxygen atoms in total. The van der Waals surface area contributed by atoms with Gasteiger partial charge >= 0.3 is 5.97 Å². The largest absolute Gasteiger partial charge is 0.497 e. The van der Waals surface area contributed by atoms with Gasteiger partial charge in [0.2, 0.25) is 17.6 Å². The number of nitrogens with two attached hydrogens (primary N) is 1. The van der Waals surface area contributed by atoms with Crippen molar-refractivity contribution >= 4 is 92.3 Å². The van der Waals surface area contributed by atoms with Crippen LogP contribution in [0, 0.1) is 5.92 Å². The second kappa shape index (κ2) is 24.4. The lowest BCUT2D eigenvalue weighted by Crippen LogP contribution is -2.38. The number of aromatic nitrogens is 8. The Morgan fingerprint density at radius 3 is 1.99 bits per heavy atom. The summed E-state index contributed by atoms with van der Waals surface area (Å²) in [6, 6.07) is 30.3. The summed E-state index contributed by atoms with van der Waals surface area (Å²) in [5, 5.41) is 4.08. The second-order valence-corrected chi connectivity index (χ2v) is 26.5. The summed E-state index contributed by atoms with van der Waals surface area (Å²) in [5.41, 5.74) is 3.78.